The van der Waals surface area contributed by atoms with Crippen molar-refractivity contribution in [3.8, 4) is 0 Å². The van der Waals surface area contributed by atoms with E-state index in [0.29, 0.717) is 0 Å². The van der Waals surface area contributed by atoms with E-state index in [1.54, 1.807) is 0 Å². The lowest BCUT2D eigenvalue weighted by Crippen LogP contribution is -2.17. The first-order valence-corrected chi connectivity index (χ1v) is 4.28. The highest BCUT2D eigenvalue weighted by Gasteiger charge is 2.17. The lowest BCUT2D eigenvalue weighted by molar-refractivity contribution is 0.0999. The first-order valence-electron chi connectivity index (χ1n) is 3.52. The van der Waals surface area contributed by atoms with Gasteiger partial charge in [-0.05, 0) is 12.1 Å². The van der Waals surface area contributed by atoms with Crippen LogP contribution in [0.4, 0.5) is 0 Å². The highest BCUT2D eigenvalue weighted by Crippen LogP contribution is 2.27. The monoisotopic (exact) mass is 232 g/mol. The largest absolute Gasteiger partial charge is 0.366 e. The minimum atomic E-state index is -0.803. The SMILES string of the molecule is NC(=O)c1ccc(Cl)c(C(N)=O)c1Cl. The second-order valence-electron chi connectivity index (χ2n) is 2.51. The molecule has 2 amide bonds. The van der Waals surface area contributed by atoms with Crippen molar-refractivity contribution in [3.05, 3.63) is 33.3 Å². The lowest BCUT2D eigenvalue weighted by atomic mass is 10.1. The molecular weight excluding hydrogens is 227 g/mol. The van der Waals surface area contributed by atoms with Gasteiger partial charge in [-0.2, -0.15) is 0 Å². The summed E-state index contributed by atoms with van der Waals surface area (Å²) in [5.74, 6) is -1.54. The molecule has 0 aliphatic heterocycles. The van der Waals surface area contributed by atoms with Crippen molar-refractivity contribution >= 4 is 35.0 Å². The van der Waals surface area contributed by atoms with E-state index in [1.807, 2.05) is 0 Å². The van der Waals surface area contributed by atoms with Gasteiger partial charge in [0.2, 0.25) is 5.91 Å². The van der Waals surface area contributed by atoms with Crippen LogP contribution in [-0.2, 0) is 0 Å². The van der Waals surface area contributed by atoms with Gasteiger partial charge in [0.25, 0.3) is 5.91 Å². The van der Waals surface area contributed by atoms with Crippen LogP contribution >= 0.6 is 23.2 Å². The molecule has 4 N–H and O–H groups in total. The quantitative estimate of drug-likeness (QED) is 0.803. The zero-order valence-corrected chi connectivity index (χ0v) is 8.39. The normalized spacial score (nSPS) is 9.86. The van der Waals surface area contributed by atoms with Crippen LogP contribution in [0.2, 0.25) is 10.0 Å². The summed E-state index contributed by atoms with van der Waals surface area (Å²) in [6.45, 7) is 0. The van der Waals surface area contributed by atoms with E-state index in [-0.39, 0.29) is 21.2 Å². The van der Waals surface area contributed by atoms with Crippen LogP contribution in [0.3, 0.4) is 0 Å². The minimum Gasteiger partial charge on any atom is -0.366 e. The smallest absolute Gasteiger partial charge is 0.251 e. The zero-order valence-electron chi connectivity index (χ0n) is 6.88. The number of halogens is 2. The summed E-state index contributed by atoms with van der Waals surface area (Å²) >= 11 is 11.4. The molecule has 1 aromatic carbocycles. The number of amides is 2. The van der Waals surface area contributed by atoms with Gasteiger partial charge in [0.15, 0.2) is 0 Å². The summed E-state index contributed by atoms with van der Waals surface area (Å²) in [6, 6.07) is 2.67. The summed E-state index contributed by atoms with van der Waals surface area (Å²) in [4.78, 5) is 21.8. The fourth-order valence-electron chi connectivity index (χ4n) is 0.969. The number of primary amides is 2. The maximum Gasteiger partial charge on any atom is 0.251 e. The fourth-order valence-corrected chi connectivity index (χ4v) is 1.62. The van der Waals surface area contributed by atoms with Crippen molar-refractivity contribution in [2.45, 2.75) is 0 Å². The second-order valence-corrected chi connectivity index (χ2v) is 3.30. The fraction of sp³-hybridized carbons (Fsp3) is 0. The Morgan fingerprint density at radius 2 is 1.64 bits per heavy atom. The minimum absolute atomic E-state index is 0.0184. The Hall–Kier alpha value is -1.26. The van der Waals surface area contributed by atoms with Gasteiger partial charge in [0, 0.05) is 0 Å². The van der Waals surface area contributed by atoms with Gasteiger partial charge in [-0.1, -0.05) is 23.2 Å². The molecule has 1 rings (SSSR count). The van der Waals surface area contributed by atoms with Crippen molar-refractivity contribution in [2.75, 3.05) is 0 Å². The molecule has 0 spiro atoms. The van der Waals surface area contributed by atoms with Crippen molar-refractivity contribution in [3.63, 3.8) is 0 Å². The molecule has 0 aliphatic rings. The van der Waals surface area contributed by atoms with Crippen molar-refractivity contribution < 1.29 is 9.59 Å². The maximum absolute atomic E-state index is 10.9. The Bertz CT molecular complexity index is 418. The van der Waals surface area contributed by atoms with E-state index in [9.17, 15) is 9.59 Å². The number of nitrogens with two attached hydrogens (primary N) is 2. The number of carbonyl (C=O) groups is 2. The van der Waals surface area contributed by atoms with E-state index >= 15 is 0 Å². The third-order valence-electron chi connectivity index (χ3n) is 1.60. The Morgan fingerprint density at radius 3 is 2.07 bits per heavy atom. The molecule has 0 aliphatic carbocycles. The van der Waals surface area contributed by atoms with Gasteiger partial charge < -0.3 is 11.5 Å². The molecular formula is C8H6Cl2N2O2. The summed E-state index contributed by atoms with van der Waals surface area (Å²) in [5, 5.41) is -0.0231. The molecule has 0 saturated heterocycles. The molecule has 0 radical (unpaired) electrons. The molecule has 6 heteroatoms. The van der Waals surface area contributed by atoms with Crippen molar-refractivity contribution in [2.24, 2.45) is 11.5 Å². The van der Waals surface area contributed by atoms with Gasteiger partial charge in [0.1, 0.15) is 0 Å². The van der Waals surface area contributed by atoms with Crippen LogP contribution in [-0.4, -0.2) is 11.8 Å². The van der Waals surface area contributed by atoms with E-state index in [4.69, 9.17) is 34.7 Å². The predicted molar refractivity (Wildman–Crippen MR) is 53.5 cm³/mol. The Kier molecular flexibility index (Phi) is 2.98. The van der Waals surface area contributed by atoms with Gasteiger partial charge in [-0.25, -0.2) is 0 Å². The first kappa shape index (κ1) is 10.8. The topological polar surface area (TPSA) is 86.2 Å². The highest BCUT2D eigenvalue weighted by atomic mass is 35.5. The van der Waals surface area contributed by atoms with Crippen molar-refractivity contribution in [1.29, 1.82) is 0 Å². The molecule has 0 atom stereocenters. The Morgan fingerprint density at radius 1 is 1.07 bits per heavy atom. The van der Waals surface area contributed by atoms with Crippen LogP contribution < -0.4 is 11.5 Å². The molecule has 4 nitrogen and oxygen atoms in total. The van der Waals surface area contributed by atoms with E-state index in [2.05, 4.69) is 0 Å². The molecule has 0 aromatic heterocycles. The highest BCUT2D eigenvalue weighted by molar-refractivity contribution is 6.41. The number of hydrogen-bond donors (Lipinski definition) is 2. The Labute approximate surface area is 89.8 Å². The summed E-state index contributed by atoms with van der Waals surface area (Å²) in [7, 11) is 0. The average Bonchev–Trinajstić information content (AvgIpc) is 2.02. The van der Waals surface area contributed by atoms with E-state index < -0.39 is 11.8 Å². The third kappa shape index (κ3) is 1.81. The van der Waals surface area contributed by atoms with Crippen LogP contribution in [0, 0.1) is 0 Å². The zero-order chi connectivity index (χ0) is 10.9. The van der Waals surface area contributed by atoms with Crippen LogP contribution in [0.1, 0.15) is 20.7 Å². The summed E-state index contributed by atoms with van der Waals surface area (Å²) in [6.07, 6.45) is 0. The van der Waals surface area contributed by atoms with Gasteiger partial charge >= 0.3 is 0 Å². The average molecular weight is 233 g/mol. The number of rotatable bonds is 2. The molecule has 0 heterocycles. The van der Waals surface area contributed by atoms with Gasteiger partial charge in [-0.3, -0.25) is 9.59 Å². The van der Waals surface area contributed by atoms with Gasteiger partial charge in [0.05, 0.1) is 21.2 Å². The first-order chi connectivity index (χ1) is 6.45. The van der Waals surface area contributed by atoms with E-state index in [0.717, 1.165) is 0 Å². The van der Waals surface area contributed by atoms with Crippen LogP contribution in [0.25, 0.3) is 0 Å². The molecule has 0 saturated carbocycles. The molecule has 14 heavy (non-hydrogen) atoms. The second kappa shape index (κ2) is 3.86. The number of carbonyl (C=O) groups excluding carboxylic acids is 2. The molecule has 1 aromatic rings. The van der Waals surface area contributed by atoms with Crippen LogP contribution in [0.15, 0.2) is 12.1 Å². The molecule has 0 unspecified atom stereocenters. The summed E-state index contributed by atoms with van der Waals surface area (Å²) < 4.78 is 0. The predicted octanol–water partition coefficient (Wildman–Crippen LogP) is 1.19. The van der Waals surface area contributed by atoms with E-state index in [1.165, 1.54) is 12.1 Å². The summed E-state index contributed by atoms with van der Waals surface area (Å²) in [5.41, 5.74) is 9.97. The standard InChI is InChI=1S/C8H6Cl2N2O2/c9-4-2-1-3(7(11)13)6(10)5(4)8(12)14/h1-2H,(H2,11,13)(H2,12,14). The number of hydrogen-bond acceptors (Lipinski definition) is 2. The Balaban J connectivity index is 3.49. The molecule has 0 bridgehead atoms. The van der Waals surface area contributed by atoms with Crippen LogP contribution in [0.5, 0.6) is 0 Å². The van der Waals surface area contributed by atoms with Crippen molar-refractivity contribution in [1.82, 2.24) is 0 Å². The lowest BCUT2D eigenvalue weighted by Gasteiger charge is -2.05. The molecule has 0 fully saturated rings. The molecule has 74 valence electrons. The van der Waals surface area contributed by atoms with Gasteiger partial charge in [-0.15, -0.1) is 0 Å². The maximum atomic E-state index is 10.9. The number of benzene rings is 1. The third-order valence-corrected chi connectivity index (χ3v) is 2.31.